The van der Waals surface area contributed by atoms with E-state index in [2.05, 4.69) is 54.2 Å². The van der Waals surface area contributed by atoms with Crippen molar-refractivity contribution in [3.63, 3.8) is 0 Å². The number of hydrogen-bond donors (Lipinski definition) is 3. The molecule has 0 spiro atoms. The predicted octanol–water partition coefficient (Wildman–Crippen LogP) is -1.23. The van der Waals surface area contributed by atoms with Crippen molar-refractivity contribution >= 4 is 0 Å². The van der Waals surface area contributed by atoms with Gasteiger partial charge in [-0.3, -0.25) is 0 Å². The van der Waals surface area contributed by atoms with Crippen LogP contribution in [0.3, 0.4) is 0 Å². The molecule has 0 unspecified atom stereocenters. The molecule has 0 atom stereocenters. The average Bonchev–Trinajstić information content (AvgIpc) is 2.49. The number of rotatable bonds is 11. The van der Waals surface area contributed by atoms with E-state index in [0.29, 0.717) is 0 Å². The highest BCUT2D eigenvalue weighted by molar-refractivity contribution is 5.41. The fraction of sp³-hybridized carbons (Fsp3) is 0.700. The van der Waals surface area contributed by atoms with Crippen LogP contribution in [0.2, 0.25) is 0 Å². The summed E-state index contributed by atoms with van der Waals surface area (Å²) in [5.41, 5.74) is 4.07. The number of ether oxygens (including phenoxy) is 1. The van der Waals surface area contributed by atoms with Crippen LogP contribution in [-0.4, -0.2) is 61.5 Å². The zero-order valence-electron chi connectivity index (χ0n) is 17.0. The molecule has 4 heteroatoms. The van der Waals surface area contributed by atoms with Crippen molar-refractivity contribution in [3.8, 4) is 5.75 Å². The Morgan fingerprint density at radius 2 is 1.33 bits per heavy atom. The highest BCUT2D eigenvalue weighted by Crippen LogP contribution is 2.21. The lowest BCUT2D eigenvalue weighted by atomic mass is 10.0. The number of benzene rings is 1. The normalized spacial score (nSPS) is 11.8. The summed E-state index contributed by atoms with van der Waals surface area (Å²) in [4.78, 5) is 4.80. The zero-order chi connectivity index (χ0) is 18.1. The molecule has 0 aliphatic rings. The number of methoxy groups -OCH3 is 1. The van der Waals surface area contributed by atoms with E-state index >= 15 is 0 Å². The van der Waals surface area contributed by atoms with Gasteiger partial charge in [0.1, 0.15) is 12.3 Å². The quantitative estimate of drug-likeness (QED) is 0.462. The summed E-state index contributed by atoms with van der Waals surface area (Å²) in [6, 6.07) is 4.51. The summed E-state index contributed by atoms with van der Waals surface area (Å²) in [6.45, 7) is 10.5. The molecular formula is C20H40N3O+3. The Morgan fingerprint density at radius 3 is 1.79 bits per heavy atom. The maximum absolute atomic E-state index is 5.46. The second kappa shape index (κ2) is 10.7. The Bertz CT molecular complexity index is 472. The average molecular weight is 339 g/mol. The van der Waals surface area contributed by atoms with Gasteiger partial charge in [0.2, 0.25) is 0 Å². The van der Waals surface area contributed by atoms with Gasteiger partial charge < -0.3 is 19.4 Å². The van der Waals surface area contributed by atoms with Crippen LogP contribution in [-0.2, 0) is 6.54 Å². The van der Waals surface area contributed by atoms with Gasteiger partial charge in [-0.2, -0.15) is 0 Å². The Balaban J connectivity index is 2.73. The first-order valence-corrected chi connectivity index (χ1v) is 9.39. The summed E-state index contributed by atoms with van der Waals surface area (Å²) in [5.74, 6) is 1.00. The van der Waals surface area contributed by atoms with Gasteiger partial charge in [-0.1, -0.05) is 0 Å². The van der Waals surface area contributed by atoms with E-state index in [9.17, 15) is 0 Å². The lowest BCUT2D eigenvalue weighted by Crippen LogP contribution is -3.13. The number of aryl methyl sites for hydroxylation is 2. The molecule has 0 fully saturated rings. The van der Waals surface area contributed by atoms with Crippen molar-refractivity contribution in [3.05, 3.63) is 28.8 Å². The van der Waals surface area contributed by atoms with E-state index in [0.717, 1.165) is 12.3 Å². The molecule has 1 aromatic rings. The monoisotopic (exact) mass is 338 g/mol. The largest absolute Gasteiger partial charge is 0.496 e. The molecule has 0 heterocycles. The maximum Gasteiger partial charge on any atom is 0.122 e. The van der Waals surface area contributed by atoms with E-state index in [1.54, 1.807) is 21.8 Å². The number of hydrogen-bond acceptors (Lipinski definition) is 1. The van der Waals surface area contributed by atoms with Crippen molar-refractivity contribution in [2.24, 2.45) is 0 Å². The molecule has 0 aliphatic carbocycles. The molecule has 4 nitrogen and oxygen atoms in total. The van der Waals surface area contributed by atoms with Gasteiger partial charge in [-0.25, -0.2) is 0 Å². The Kier molecular flexibility index (Phi) is 9.34. The molecule has 0 aromatic heterocycles. The number of nitrogens with one attached hydrogen (secondary N) is 3. The smallest absolute Gasteiger partial charge is 0.122 e. The Hall–Kier alpha value is -1.10. The van der Waals surface area contributed by atoms with E-state index in [4.69, 9.17) is 4.74 Å². The molecular weight excluding hydrogens is 298 g/mol. The van der Waals surface area contributed by atoms with Gasteiger partial charge in [-0.15, -0.1) is 0 Å². The molecule has 0 radical (unpaired) electrons. The highest BCUT2D eigenvalue weighted by Gasteiger charge is 2.14. The molecule has 138 valence electrons. The molecule has 0 bridgehead atoms. The van der Waals surface area contributed by atoms with Crippen molar-refractivity contribution in [1.82, 2.24) is 0 Å². The molecule has 0 aliphatic heterocycles. The lowest BCUT2D eigenvalue weighted by Gasteiger charge is -2.22. The van der Waals surface area contributed by atoms with Crippen LogP contribution in [0.15, 0.2) is 12.1 Å². The second-order valence-electron chi connectivity index (χ2n) is 7.80. The first kappa shape index (κ1) is 20.9. The van der Waals surface area contributed by atoms with Crippen molar-refractivity contribution < 1.29 is 19.4 Å². The highest BCUT2D eigenvalue weighted by atomic mass is 16.5. The molecule has 24 heavy (non-hydrogen) atoms. The summed E-state index contributed by atoms with van der Waals surface area (Å²) in [6.07, 6.45) is 2.58. The minimum Gasteiger partial charge on any atom is -0.496 e. The topological polar surface area (TPSA) is 22.6 Å². The summed E-state index contributed by atoms with van der Waals surface area (Å²) in [5, 5.41) is 0. The van der Waals surface area contributed by atoms with Crippen molar-refractivity contribution in [1.29, 1.82) is 0 Å². The molecule has 1 rings (SSSR count). The van der Waals surface area contributed by atoms with Crippen LogP contribution in [0.25, 0.3) is 0 Å². The van der Waals surface area contributed by atoms with Crippen molar-refractivity contribution in [2.45, 2.75) is 33.2 Å². The van der Waals surface area contributed by atoms with Crippen LogP contribution in [0.5, 0.6) is 5.75 Å². The van der Waals surface area contributed by atoms with Crippen LogP contribution in [0, 0.1) is 13.8 Å². The van der Waals surface area contributed by atoms with Crippen LogP contribution < -0.4 is 19.4 Å². The third-order valence-electron chi connectivity index (χ3n) is 4.71. The summed E-state index contributed by atoms with van der Waals surface area (Å²) < 4.78 is 5.46. The number of quaternary nitrogens is 3. The fourth-order valence-corrected chi connectivity index (χ4v) is 3.21. The standard InChI is InChI=1S/C20H37N3O/c1-17-15-20(24-7)18(2)14-19(17)16-23(12-8-10-21(3)4)13-9-11-22(5)6/h14-15H,8-13,16H2,1-7H3/p+3. The minimum absolute atomic E-state index is 1.00. The maximum atomic E-state index is 5.46. The van der Waals surface area contributed by atoms with Crippen LogP contribution in [0.4, 0.5) is 0 Å². The van der Waals surface area contributed by atoms with E-state index < -0.39 is 0 Å². The minimum atomic E-state index is 1.00. The zero-order valence-corrected chi connectivity index (χ0v) is 17.0. The lowest BCUT2D eigenvalue weighted by molar-refractivity contribution is -0.925. The van der Waals surface area contributed by atoms with E-state index in [1.165, 1.54) is 55.7 Å². The third kappa shape index (κ3) is 7.65. The SMILES string of the molecule is COc1cc(C)c(C[NH+](CCC[NH+](C)C)CCC[NH+](C)C)cc1C. The van der Waals surface area contributed by atoms with Crippen LogP contribution >= 0.6 is 0 Å². The molecule has 3 N–H and O–H groups in total. The van der Waals surface area contributed by atoms with E-state index in [-0.39, 0.29) is 0 Å². The molecule has 0 saturated heterocycles. The molecule has 1 aromatic carbocycles. The predicted molar refractivity (Wildman–Crippen MR) is 101 cm³/mol. The molecule has 0 amide bonds. The van der Waals surface area contributed by atoms with Gasteiger partial charge in [0.15, 0.2) is 0 Å². The Labute approximate surface area is 149 Å². The van der Waals surface area contributed by atoms with Gasteiger partial charge in [0, 0.05) is 18.4 Å². The molecule has 0 saturated carbocycles. The van der Waals surface area contributed by atoms with Crippen LogP contribution in [0.1, 0.15) is 29.5 Å². The Morgan fingerprint density at radius 1 is 0.792 bits per heavy atom. The first-order chi connectivity index (χ1) is 11.3. The van der Waals surface area contributed by atoms with Gasteiger partial charge >= 0.3 is 0 Å². The van der Waals surface area contributed by atoms with E-state index in [1.807, 2.05) is 0 Å². The van der Waals surface area contributed by atoms with Gasteiger partial charge in [0.25, 0.3) is 0 Å². The van der Waals surface area contributed by atoms with Gasteiger partial charge in [-0.05, 0) is 37.1 Å². The van der Waals surface area contributed by atoms with Crippen molar-refractivity contribution in [2.75, 3.05) is 61.5 Å². The fourth-order valence-electron chi connectivity index (χ4n) is 3.21. The first-order valence-electron chi connectivity index (χ1n) is 9.39. The van der Waals surface area contributed by atoms with Gasteiger partial charge in [0.05, 0.1) is 61.5 Å². The summed E-state index contributed by atoms with van der Waals surface area (Å²) in [7, 11) is 10.7. The summed E-state index contributed by atoms with van der Waals surface area (Å²) >= 11 is 0. The third-order valence-corrected chi connectivity index (χ3v) is 4.71. The second-order valence-corrected chi connectivity index (χ2v) is 7.80.